The fourth-order valence-corrected chi connectivity index (χ4v) is 3.56. The molecule has 8 heteroatoms. The Morgan fingerprint density at radius 1 is 1.21 bits per heavy atom. The normalized spacial score (nSPS) is 15.1. The highest BCUT2D eigenvalue weighted by atomic mass is 16.7. The summed E-state index contributed by atoms with van der Waals surface area (Å²) in [6.07, 6.45) is 2.18. The van der Waals surface area contributed by atoms with E-state index in [1.165, 1.54) is 0 Å². The van der Waals surface area contributed by atoms with E-state index < -0.39 is 0 Å². The number of rotatable bonds is 4. The van der Waals surface area contributed by atoms with Crippen LogP contribution in [0.25, 0.3) is 0 Å². The number of aromatic nitrogens is 2. The van der Waals surface area contributed by atoms with E-state index in [0.717, 1.165) is 22.8 Å². The molecule has 0 saturated carbocycles. The first-order valence-corrected chi connectivity index (χ1v) is 9.47. The molecule has 1 N–H and O–H groups in total. The van der Waals surface area contributed by atoms with E-state index in [1.807, 2.05) is 37.2 Å². The number of H-pyrrole nitrogens is 1. The Balaban J connectivity index is 1.39. The molecular weight excluding hydrogens is 360 g/mol. The van der Waals surface area contributed by atoms with Gasteiger partial charge in [0, 0.05) is 45.6 Å². The molecule has 2 aliphatic heterocycles. The summed E-state index contributed by atoms with van der Waals surface area (Å²) >= 11 is 0. The van der Waals surface area contributed by atoms with Crippen molar-refractivity contribution in [3.05, 3.63) is 45.4 Å². The smallest absolute Gasteiger partial charge is 0.255 e. The molecule has 0 spiro atoms. The molecular formula is C20H24N4O4. The van der Waals surface area contributed by atoms with Gasteiger partial charge in [-0.3, -0.25) is 14.6 Å². The molecule has 2 aliphatic rings. The molecule has 2 aromatic rings. The molecule has 0 fully saturated rings. The second kappa shape index (κ2) is 7.53. The maximum atomic E-state index is 12.7. The van der Waals surface area contributed by atoms with Crippen LogP contribution in [-0.4, -0.2) is 54.8 Å². The number of hydrogen-bond acceptors (Lipinski definition) is 6. The minimum absolute atomic E-state index is 0.0923. The van der Waals surface area contributed by atoms with Crippen molar-refractivity contribution >= 4 is 11.9 Å². The van der Waals surface area contributed by atoms with Crippen molar-refractivity contribution in [2.75, 3.05) is 38.9 Å². The molecule has 28 heavy (non-hydrogen) atoms. The number of carbonyl (C=O) groups is 1. The van der Waals surface area contributed by atoms with Crippen molar-refractivity contribution in [3.63, 3.8) is 0 Å². The molecule has 3 heterocycles. The number of ether oxygens (including phenoxy) is 2. The average Bonchev–Trinajstić information content (AvgIpc) is 3.03. The third-order valence-electron chi connectivity index (χ3n) is 5.18. The van der Waals surface area contributed by atoms with Gasteiger partial charge in [0.2, 0.25) is 18.6 Å². The zero-order valence-electron chi connectivity index (χ0n) is 16.2. The lowest BCUT2D eigenvalue weighted by molar-refractivity contribution is -0.131. The van der Waals surface area contributed by atoms with Gasteiger partial charge in [0.25, 0.3) is 5.56 Å². The van der Waals surface area contributed by atoms with Crippen LogP contribution in [0.2, 0.25) is 0 Å². The van der Waals surface area contributed by atoms with Gasteiger partial charge >= 0.3 is 0 Å². The van der Waals surface area contributed by atoms with E-state index in [9.17, 15) is 9.59 Å². The number of benzene rings is 1. The van der Waals surface area contributed by atoms with Gasteiger partial charge in [-0.2, -0.15) is 0 Å². The predicted molar refractivity (Wildman–Crippen MR) is 104 cm³/mol. The van der Waals surface area contributed by atoms with E-state index in [2.05, 4.69) is 9.97 Å². The molecule has 8 nitrogen and oxygen atoms in total. The summed E-state index contributed by atoms with van der Waals surface area (Å²) in [7, 11) is 3.68. The molecule has 148 valence electrons. The van der Waals surface area contributed by atoms with Crippen LogP contribution in [0.5, 0.6) is 11.5 Å². The van der Waals surface area contributed by atoms with Crippen LogP contribution in [0.4, 0.5) is 5.95 Å². The van der Waals surface area contributed by atoms with Gasteiger partial charge in [-0.05, 0) is 30.5 Å². The fraction of sp³-hybridized carbons (Fsp3) is 0.450. The lowest BCUT2D eigenvalue weighted by Gasteiger charge is -2.20. The highest BCUT2D eigenvalue weighted by Gasteiger charge is 2.22. The zero-order valence-corrected chi connectivity index (χ0v) is 16.2. The van der Waals surface area contributed by atoms with E-state index >= 15 is 0 Å². The van der Waals surface area contributed by atoms with Crippen LogP contribution < -0.4 is 19.9 Å². The van der Waals surface area contributed by atoms with Gasteiger partial charge in [-0.1, -0.05) is 6.07 Å². The van der Waals surface area contributed by atoms with Gasteiger partial charge in [-0.25, -0.2) is 4.98 Å². The van der Waals surface area contributed by atoms with Crippen LogP contribution in [0.1, 0.15) is 23.2 Å². The Hall–Kier alpha value is -3.03. The first-order chi connectivity index (χ1) is 13.5. The number of nitrogens with one attached hydrogen (secondary N) is 1. The minimum Gasteiger partial charge on any atom is -0.454 e. The Kier molecular flexibility index (Phi) is 4.93. The highest BCUT2D eigenvalue weighted by molar-refractivity contribution is 5.76. The zero-order chi connectivity index (χ0) is 19.7. The highest BCUT2D eigenvalue weighted by Crippen LogP contribution is 2.32. The lowest BCUT2D eigenvalue weighted by Crippen LogP contribution is -2.33. The van der Waals surface area contributed by atoms with E-state index in [0.29, 0.717) is 50.3 Å². The lowest BCUT2D eigenvalue weighted by atomic mass is 10.1. The molecule has 0 unspecified atom stereocenters. The largest absolute Gasteiger partial charge is 0.454 e. The number of fused-ring (bicyclic) bond motifs is 2. The van der Waals surface area contributed by atoms with Gasteiger partial charge in [0.05, 0.1) is 5.69 Å². The van der Waals surface area contributed by atoms with Crippen LogP contribution in [0.15, 0.2) is 23.0 Å². The Labute approximate surface area is 163 Å². The topological polar surface area (TPSA) is 87.8 Å². The molecule has 1 aromatic heterocycles. The number of carbonyl (C=O) groups excluding carboxylic acids is 1. The fourth-order valence-electron chi connectivity index (χ4n) is 3.56. The van der Waals surface area contributed by atoms with Crippen LogP contribution in [-0.2, 0) is 24.1 Å². The van der Waals surface area contributed by atoms with Gasteiger partial charge < -0.3 is 19.3 Å². The minimum atomic E-state index is -0.108. The average molecular weight is 384 g/mol. The summed E-state index contributed by atoms with van der Waals surface area (Å²) in [4.78, 5) is 36.1. The summed E-state index contributed by atoms with van der Waals surface area (Å²) in [5.74, 6) is 2.12. The van der Waals surface area contributed by atoms with Crippen LogP contribution in [0, 0.1) is 0 Å². The molecule has 0 aliphatic carbocycles. The number of aryl methyl sites for hydroxylation is 1. The summed E-state index contributed by atoms with van der Waals surface area (Å²) in [6, 6.07) is 5.77. The number of nitrogens with zero attached hydrogens (tertiary/aromatic N) is 3. The summed E-state index contributed by atoms with van der Waals surface area (Å²) in [5.41, 5.74) is 2.42. The van der Waals surface area contributed by atoms with Gasteiger partial charge in [-0.15, -0.1) is 0 Å². The number of anilines is 1. The summed E-state index contributed by atoms with van der Waals surface area (Å²) < 4.78 is 10.7. The summed E-state index contributed by atoms with van der Waals surface area (Å²) in [6.45, 7) is 1.37. The molecule has 0 saturated heterocycles. The van der Waals surface area contributed by atoms with Crippen molar-refractivity contribution < 1.29 is 14.3 Å². The molecule has 0 radical (unpaired) electrons. The maximum Gasteiger partial charge on any atom is 0.255 e. The SMILES string of the molecule is CN(C)c1nc2c(c(=O)[nH]1)CCN(C(=O)CCc1ccc3c(c1)OCO3)CC2. The second-order valence-corrected chi connectivity index (χ2v) is 7.28. The number of hydrogen-bond donors (Lipinski definition) is 1. The third-order valence-corrected chi connectivity index (χ3v) is 5.18. The molecule has 1 amide bonds. The summed E-state index contributed by atoms with van der Waals surface area (Å²) in [5, 5.41) is 0. The molecule has 0 atom stereocenters. The van der Waals surface area contributed by atoms with Crippen molar-refractivity contribution in [1.82, 2.24) is 14.9 Å². The van der Waals surface area contributed by atoms with E-state index in [4.69, 9.17) is 9.47 Å². The van der Waals surface area contributed by atoms with Crippen LogP contribution >= 0.6 is 0 Å². The number of aromatic amines is 1. The van der Waals surface area contributed by atoms with Crippen molar-refractivity contribution in [3.8, 4) is 11.5 Å². The molecule has 0 bridgehead atoms. The van der Waals surface area contributed by atoms with E-state index in [-0.39, 0.29) is 18.3 Å². The van der Waals surface area contributed by atoms with Gasteiger partial charge in [0.15, 0.2) is 11.5 Å². The molecule has 1 aromatic carbocycles. The first kappa shape index (κ1) is 18.3. The molecule has 4 rings (SSSR count). The van der Waals surface area contributed by atoms with Crippen LogP contribution in [0.3, 0.4) is 0 Å². The quantitative estimate of drug-likeness (QED) is 0.850. The van der Waals surface area contributed by atoms with Crippen molar-refractivity contribution in [2.45, 2.75) is 25.7 Å². The Bertz CT molecular complexity index is 954. The number of amides is 1. The third kappa shape index (κ3) is 3.67. The van der Waals surface area contributed by atoms with E-state index in [1.54, 1.807) is 4.90 Å². The predicted octanol–water partition coefficient (Wildman–Crippen LogP) is 1.12. The Morgan fingerprint density at radius 2 is 2.00 bits per heavy atom. The second-order valence-electron chi connectivity index (χ2n) is 7.28. The van der Waals surface area contributed by atoms with Crippen molar-refractivity contribution in [2.24, 2.45) is 0 Å². The first-order valence-electron chi connectivity index (χ1n) is 9.47. The Morgan fingerprint density at radius 3 is 2.82 bits per heavy atom. The maximum absolute atomic E-state index is 12.7. The van der Waals surface area contributed by atoms with Crippen molar-refractivity contribution in [1.29, 1.82) is 0 Å². The monoisotopic (exact) mass is 384 g/mol. The standard InChI is InChI=1S/C20H24N4O4/c1-23(2)20-21-15-8-10-24(9-7-14(15)19(26)22-20)18(25)6-4-13-3-5-16-17(11-13)28-12-27-16/h3,5,11H,4,6-10,12H2,1-2H3,(H,21,22,26). The van der Waals surface area contributed by atoms with Gasteiger partial charge in [0.1, 0.15) is 0 Å².